The summed E-state index contributed by atoms with van der Waals surface area (Å²) < 4.78 is 0. The van der Waals surface area contributed by atoms with Crippen LogP contribution in [0.15, 0.2) is 0 Å². The van der Waals surface area contributed by atoms with Crippen molar-refractivity contribution in [1.82, 2.24) is 10.2 Å². The van der Waals surface area contributed by atoms with Crippen LogP contribution in [0.3, 0.4) is 0 Å². The maximum atomic E-state index is 3.51. The molecule has 2 saturated heterocycles. The minimum Gasteiger partial charge on any atom is -0.317 e. The quantitative estimate of drug-likeness (QED) is 0.844. The van der Waals surface area contributed by atoms with E-state index in [0.29, 0.717) is 10.8 Å². The van der Waals surface area contributed by atoms with Gasteiger partial charge in [0.05, 0.1) is 0 Å². The Kier molecular flexibility index (Phi) is 4.42. The number of likely N-dealkylation sites (tertiary alicyclic amines) is 1. The molecular formula is C18H34N2. The van der Waals surface area contributed by atoms with Gasteiger partial charge >= 0.3 is 0 Å². The van der Waals surface area contributed by atoms with E-state index in [1.165, 1.54) is 84.0 Å². The lowest BCUT2D eigenvalue weighted by molar-refractivity contribution is 0.0776. The van der Waals surface area contributed by atoms with Gasteiger partial charge in [0, 0.05) is 12.6 Å². The molecule has 0 aromatic heterocycles. The molecule has 1 spiro atoms. The number of rotatable bonds is 3. The first-order chi connectivity index (χ1) is 9.65. The van der Waals surface area contributed by atoms with Gasteiger partial charge in [-0.25, -0.2) is 0 Å². The molecular weight excluding hydrogens is 244 g/mol. The van der Waals surface area contributed by atoms with Crippen molar-refractivity contribution < 1.29 is 0 Å². The molecule has 0 radical (unpaired) electrons. The normalized spacial score (nSPS) is 40.5. The summed E-state index contributed by atoms with van der Waals surface area (Å²) in [7, 11) is 0. The Hall–Kier alpha value is -0.0800. The average Bonchev–Trinajstić information content (AvgIpc) is 2.89. The molecule has 0 atom stereocenters. The minimum absolute atomic E-state index is 0.669. The second-order valence-corrected chi connectivity index (χ2v) is 8.26. The molecule has 116 valence electrons. The summed E-state index contributed by atoms with van der Waals surface area (Å²) >= 11 is 0. The predicted octanol–water partition coefficient (Wildman–Crippen LogP) is 3.81. The lowest BCUT2D eigenvalue weighted by atomic mass is 9.62. The largest absolute Gasteiger partial charge is 0.317 e. The Morgan fingerprint density at radius 2 is 1.75 bits per heavy atom. The molecule has 0 amide bonds. The van der Waals surface area contributed by atoms with Gasteiger partial charge in [-0.2, -0.15) is 0 Å². The van der Waals surface area contributed by atoms with Crippen molar-refractivity contribution in [2.24, 2.45) is 10.8 Å². The maximum absolute atomic E-state index is 3.51. The van der Waals surface area contributed by atoms with Crippen LogP contribution in [0.4, 0.5) is 0 Å². The monoisotopic (exact) mass is 278 g/mol. The Morgan fingerprint density at radius 3 is 2.40 bits per heavy atom. The van der Waals surface area contributed by atoms with Gasteiger partial charge in [-0.1, -0.05) is 20.3 Å². The van der Waals surface area contributed by atoms with Crippen LogP contribution >= 0.6 is 0 Å². The van der Waals surface area contributed by atoms with E-state index in [1.54, 1.807) is 0 Å². The molecule has 3 aliphatic rings. The van der Waals surface area contributed by atoms with E-state index in [-0.39, 0.29) is 0 Å². The first-order valence-corrected chi connectivity index (χ1v) is 9.10. The van der Waals surface area contributed by atoms with Crippen LogP contribution in [0, 0.1) is 10.8 Å². The van der Waals surface area contributed by atoms with E-state index in [2.05, 4.69) is 24.1 Å². The van der Waals surface area contributed by atoms with E-state index in [9.17, 15) is 0 Å². The number of hydrogen-bond donors (Lipinski definition) is 1. The van der Waals surface area contributed by atoms with Crippen LogP contribution in [0.5, 0.6) is 0 Å². The van der Waals surface area contributed by atoms with Crippen molar-refractivity contribution in [3.8, 4) is 0 Å². The highest BCUT2D eigenvalue weighted by Gasteiger charge is 2.45. The Morgan fingerprint density at radius 1 is 1.05 bits per heavy atom. The Balaban J connectivity index is 1.54. The summed E-state index contributed by atoms with van der Waals surface area (Å²) in [5.74, 6) is 0. The fourth-order valence-electron chi connectivity index (χ4n) is 5.10. The Bertz CT molecular complexity index is 311. The van der Waals surface area contributed by atoms with Crippen LogP contribution in [-0.2, 0) is 0 Å². The highest BCUT2D eigenvalue weighted by molar-refractivity contribution is 4.98. The molecule has 0 aromatic carbocycles. The van der Waals surface area contributed by atoms with E-state index in [1.807, 2.05) is 0 Å². The van der Waals surface area contributed by atoms with Crippen molar-refractivity contribution in [1.29, 1.82) is 0 Å². The van der Waals surface area contributed by atoms with Gasteiger partial charge in [-0.05, 0) is 81.8 Å². The molecule has 20 heavy (non-hydrogen) atoms. The number of piperidine rings is 1. The number of hydrogen-bond acceptors (Lipinski definition) is 2. The van der Waals surface area contributed by atoms with Crippen LogP contribution in [0.1, 0.15) is 71.6 Å². The van der Waals surface area contributed by atoms with Crippen molar-refractivity contribution >= 4 is 0 Å². The van der Waals surface area contributed by atoms with Gasteiger partial charge in [-0.3, -0.25) is 4.90 Å². The van der Waals surface area contributed by atoms with Crippen molar-refractivity contribution in [2.45, 2.75) is 77.7 Å². The molecule has 2 heteroatoms. The molecule has 1 aliphatic carbocycles. The van der Waals surface area contributed by atoms with Crippen molar-refractivity contribution in [3.05, 3.63) is 0 Å². The summed E-state index contributed by atoms with van der Waals surface area (Å²) in [6.45, 7) is 10.2. The van der Waals surface area contributed by atoms with E-state index < -0.39 is 0 Å². The van der Waals surface area contributed by atoms with E-state index >= 15 is 0 Å². The molecule has 2 heterocycles. The van der Waals surface area contributed by atoms with E-state index in [0.717, 1.165) is 6.04 Å². The topological polar surface area (TPSA) is 15.3 Å². The van der Waals surface area contributed by atoms with Gasteiger partial charge in [0.1, 0.15) is 0 Å². The third-order valence-corrected chi connectivity index (χ3v) is 6.66. The zero-order chi connectivity index (χ0) is 14.1. The Labute approximate surface area is 125 Å². The summed E-state index contributed by atoms with van der Waals surface area (Å²) in [5.41, 5.74) is 1.38. The summed E-state index contributed by atoms with van der Waals surface area (Å²) in [4.78, 5) is 2.85. The van der Waals surface area contributed by atoms with Crippen LogP contribution in [0.2, 0.25) is 0 Å². The molecule has 0 aromatic rings. The van der Waals surface area contributed by atoms with Gasteiger partial charge in [-0.15, -0.1) is 0 Å². The third-order valence-electron chi connectivity index (χ3n) is 6.66. The lowest BCUT2D eigenvalue weighted by Gasteiger charge is -2.44. The second-order valence-electron chi connectivity index (χ2n) is 8.26. The molecule has 1 saturated carbocycles. The molecule has 2 aliphatic heterocycles. The minimum atomic E-state index is 0.669. The van der Waals surface area contributed by atoms with Crippen molar-refractivity contribution in [3.63, 3.8) is 0 Å². The fourth-order valence-corrected chi connectivity index (χ4v) is 5.10. The smallest absolute Gasteiger partial charge is 0.0120 e. The van der Waals surface area contributed by atoms with Gasteiger partial charge in [0.2, 0.25) is 0 Å². The summed E-state index contributed by atoms with van der Waals surface area (Å²) in [6, 6.07) is 0.888. The van der Waals surface area contributed by atoms with Crippen LogP contribution in [-0.4, -0.2) is 37.1 Å². The molecule has 3 rings (SSSR count). The highest BCUT2D eigenvalue weighted by atomic mass is 15.2. The van der Waals surface area contributed by atoms with Crippen LogP contribution in [0.25, 0.3) is 0 Å². The highest BCUT2D eigenvalue weighted by Crippen LogP contribution is 2.51. The van der Waals surface area contributed by atoms with Gasteiger partial charge in [0.15, 0.2) is 0 Å². The van der Waals surface area contributed by atoms with Crippen molar-refractivity contribution in [2.75, 3.05) is 26.2 Å². The van der Waals surface area contributed by atoms with Gasteiger partial charge in [0.25, 0.3) is 0 Å². The van der Waals surface area contributed by atoms with Crippen LogP contribution < -0.4 is 5.32 Å². The first kappa shape index (κ1) is 14.8. The molecule has 0 bridgehead atoms. The average molecular weight is 278 g/mol. The predicted molar refractivity (Wildman–Crippen MR) is 86.0 cm³/mol. The molecule has 1 N–H and O–H groups in total. The standard InChI is InChI=1S/C18H34N2/c1-3-6-17(2)7-9-18(10-8-17)11-14-20(15-18)16-4-12-19-13-5-16/h16,19H,3-15H2,1-2H3. The first-order valence-electron chi connectivity index (χ1n) is 9.10. The SMILES string of the molecule is CCCC1(C)CCC2(CCN(C3CCNCC3)C2)CC1. The summed E-state index contributed by atoms with van der Waals surface area (Å²) in [5, 5.41) is 3.51. The molecule has 0 unspecified atom stereocenters. The maximum Gasteiger partial charge on any atom is 0.0120 e. The zero-order valence-electron chi connectivity index (χ0n) is 13.7. The lowest BCUT2D eigenvalue weighted by Crippen LogP contribution is -2.43. The fraction of sp³-hybridized carbons (Fsp3) is 1.00. The third kappa shape index (κ3) is 3.06. The number of nitrogens with one attached hydrogen (secondary N) is 1. The molecule has 3 fully saturated rings. The van der Waals surface area contributed by atoms with E-state index in [4.69, 9.17) is 0 Å². The second kappa shape index (κ2) is 5.96. The number of nitrogens with zero attached hydrogens (tertiary/aromatic N) is 1. The van der Waals surface area contributed by atoms with Gasteiger partial charge < -0.3 is 5.32 Å². The summed E-state index contributed by atoms with van der Waals surface area (Å²) in [6.07, 6.45) is 13.0. The molecule has 2 nitrogen and oxygen atoms in total. The zero-order valence-corrected chi connectivity index (χ0v) is 13.7.